The molecule has 1 fully saturated rings. The molecule has 7 heteroatoms. The molecule has 0 spiro atoms. The van der Waals surface area contributed by atoms with Crippen LogP contribution in [0, 0.1) is 17.8 Å². The van der Waals surface area contributed by atoms with Gasteiger partial charge in [-0.2, -0.15) is 26.3 Å². The summed E-state index contributed by atoms with van der Waals surface area (Å²) < 4.78 is 75.5. The van der Waals surface area contributed by atoms with Gasteiger partial charge < -0.3 is 5.11 Å². The van der Waals surface area contributed by atoms with Gasteiger partial charge >= 0.3 is 12.4 Å². The molecule has 1 saturated carbocycles. The van der Waals surface area contributed by atoms with E-state index in [1.54, 1.807) is 6.92 Å². The Bertz CT molecular complexity index is 294. The highest BCUT2D eigenvalue weighted by Gasteiger charge is 2.70. The van der Waals surface area contributed by atoms with Crippen molar-refractivity contribution in [3.05, 3.63) is 0 Å². The van der Waals surface area contributed by atoms with Crippen LogP contribution >= 0.6 is 0 Å². The van der Waals surface area contributed by atoms with E-state index in [0.29, 0.717) is 12.8 Å². The van der Waals surface area contributed by atoms with Crippen LogP contribution in [0.3, 0.4) is 0 Å². The molecule has 1 aliphatic carbocycles. The zero-order valence-electron chi connectivity index (χ0n) is 10.8. The highest BCUT2D eigenvalue weighted by Crippen LogP contribution is 2.51. The maximum Gasteiger partial charge on any atom is 0.426 e. The zero-order chi connectivity index (χ0) is 15.1. The van der Waals surface area contributed by atoms with Gasteiger partial charge in [-0.25, -0.2) is 0 Å². The van der Waals surface area contributed by atoms with E-state index in [4.69, 9.17) is 0 Å². The van der Waals surface area contributed by atoms with Gasteiger partial charge in [0.15, 0.2) is 0 Å². The minimum atomic E-state index is -5.70. The summed E-state index contributed by atoms with van der Waals surface area (Å²) in [6.45, 7) is 3.51. The van der Waals surface area contributed by atoms with Crippen molar-refractivity contribution in [3.63, 3.8) is 0 Å². The van der Waals surface area contributed by atoms with Gasteiger partial charge in [-0.1, -0.05) is 20.3 Å². The average molecular weight is 292 g/mol. The second-order valence-electron chi connectivity index (χ2n) is 5.54. The van der Waals surface area contributed by atoms with Gasteiger partial charge in [-0.3, -0.25) is 0 Å². The van der Waals surface area contributed by atoms with E-state index >= 15 is 0 Å². The van der Waals surface area contributed by atoms with Crippen LogP contribution in [-0.4, -0.2) is 23.1 Å². The summed E-state index contributed by atoms with van der Waals surface area (Å²) in [6.07, 6.45) is -11.0. The Morgan fingerprint density at radius 1 is 1.00 bits per heavy atom. The fourth-order valence-electron chi connectivity index (χ4n) is 2.86. The predicted molar refractivity (Wildman–Crippen MR) is 57.3 cm³/mol. The van der Waals surface area contributed by atoms with Gasteiger partial charge in [-0.15, -0.1) is 0 Å². The van der Waals surface area contributed by atoms with Gasteiger partial charge in [0.2, 0.25) is 0 Å². The van der Waals surface area contributed by atoms with E-state index in [1.165, 1.54) is 0 Å². The molecular weight excluding hydrogens is 274 g/mol. The van der Waals surface area contributed by atoms with Crippen molar-refractivity contribution in [2.75, 3.05) is 0 Å². The number of alkyl halides is 6. The van der Waals surface area contributed by atoms with Crippen molar-refractivity contribution < 1.29 is 31.4 Å². The molecule has 0 amide bonds. The Labute approximate surface area is 108 Å². The van der Waals surface area contributed by atoms with Gasteiger partial charge in [-0.05, 0) is 37.0 Å². The SMILES string of the molecule is CCC1CC(C)C(CC(O)(C(F)(F)F)C(F)(F)F)C1. The first kappa shape index (κ1) is 16.6. The molecule has 0 saturated heterocycles. The lowest BCUT2D eigenvalue weighted by atomic mass is 9.84. The number of hydrogen-bond donors (Lipinski definition) is 1. The van der Waals surface area contributed by atoms with Crippen LogP contribution in [0.15, 0.2) is 0 Å². The van der Waals surface area contributed by atoms with Crippen LogP contribution in [0.1, 0.15) is 39.5 Å². The Morgan fingerprint density at radius 2 is 1.47 bits per heavy atom. The number of aliphatic hydroxyl groups is 1. The molecule has 0 bridgehead atoms. The van der Waals surface area contributed by atoms with Crippen LogP contribution in [-0.2, 0) is 0 Å². The quantitative estimate of drug-likeness (QED) is 0.769. The van der Waals surface area contributed by atoms with Gasteiger partial charge in [0.05, 0.1) is 0 Å². The van der Waals surface area contributed by atoms with Crippen LogP contribution in [0.5, 0.6) is 0 Å². The molecule has 1 rings (SSSR count). The minimum Gasteiger partial charge on any atom is -0.374 e. The average Bonchev–Trinajstić information content (AvgIpc) is 2.56. The van der Waals surface area contributed by atoms with E-state index < -0.39 is 30.3 Å². The van der Waals surface area contributed by atoms with Crippen LogP contribution in [0.4, 0.5) is 26.3 Å². The lowest BCUT2D eigenvalue weighted by Crippen LogP contribution is -2.57. The lowest BCUT2D eigenvalue weighted by molar-refractivity contribution is -0.373. The molecule has 1 aliphatic rings. The van der Waals surface area contributed by atoms with E-state index in [-0.39, 0.29) is 11.8 Å². The van der Waals surface area contributed by atoms with Crippen molar-refractivity contribution in [3.8, 4) is 0 Å². The molecule has 0 radical (unpaired) electrons. The first-order valence-electron chi connectivity index (χ1n) is 6.28. The predicted octanol–water partition coefficient (Wildman–Crippen LogP) is 4.30. The number of rotatable bonds is 3. The summed E-state index contributed by atoms with van der Waals surface area (Å²) >= 11 is 0. The molecule has 3 atom stereocenters. The monoisotopic (exact) mass is 292 g/mol. The Kier molecular flexibility index (Phi) is 4.49. The van der Waals surface area contributed by atoms with Gasteiger partial charge in [0.1, 0.15) is 0 Å². The fourth-order valence-corrected chi connectivity index (χ4v) is 2.86. The Balaban J connectivity index is 2.92. The lowest BCUT2D eigenvalue weighted by Gasteiger charge is -2.35. The second-order valence-corrected chi connectivity index (χ2v) is 5.54. The maximum atomic E-state index is 12.6. The second kappa shape index (κ2) is 5.14. The van der Waals surface area contributed by atoms with Crippen molar-refractivity contribution in [1.29, 1.82) is 0 Å². The molecule has 0 aliphatic heterocycles. The van der Waals surface area contributed by atoms with Crippen molar-refractivity contribution in [2.24, 2.45) is 17.8 Å². The van der Waals surface area contributed by atoms with Crippen molar-refractivity contribution >= 4 is 0 Å². The molecule has 114 valence electrons. The highest BCUT2D eigenvalue weighted by molar-refractivity contribution is 4.97. The maximum absolute atomic E-state index is 12.6. The Morgan fingerprint density at radius 3 is 1.79 bits per heavy atom. The highest BCUT2D eigenvalue weighted by atomic mass is 19.4. The molecular formula is C12H18F6O. The van der Waals surface area contributed by atoms with E-state index in [1.807, 2.05) is 6.92 Å². The molecule has 0 aromatic carbocycles. The summed E-state index contributed by atoms with van der Waals surface area (Å²) in [6, 6.07) is 0. The topological polar surface area (TPSA) is 20.2 Å². The van der Waals surface area contributed by atoms with Crippen molar-refractivity contribution in [2.45, 2.75) is 57.5 Å². The van der Waals surface area contributed by atoms with Crippen molar-refractivity contribution in [1.82, 2.24) is 0 Å². The first-order chi connectivity index (χ1) is 8.42. The molecule has 1 N–H and O–H groups in total. The number of halogens is 6. The molecule has 3 unspecified atom stereocenters. The Hall–Kier alpha value is -0.460. The molecule has 0 aromatic rings. The summed E-state index contributed by atoms with van der Waals surface area (Å²) in [5, 5.41) is 9.17. The number of hydrogen-bond acceptors (Lipinski definition) is 1. The zero-order valence-corrected chi connectivity index (χ0v) is 10.8. The van der Waals surface area contributed by atoms with E-state index in [2.05, 4.69) is 0 Å². The van der Waals surface area contributed by atoms with Crippen LogP contribution in [0.25, 0.3) is 0 Å². The van der Waals surface area contributed by atoms with Gasteiger partial charge in [0.25, 0.3) is 5.60 Å². The normalized spacial score (nSPS) is 29.8. The third-order valence-corrected chi connectivity index (χ3v) is 4.22. The van der Waals surface area contributed by atoms with E-state index in [0.717, 1.165) is 6.42 Å². The summed E-state index contributed by atoms with van der Waals surface area (Å²) in [7, 11) is 0. The largest absolute Gasteiger partial charge is 0.426 e. The molecule has 0 aromatic heterocycles. The smallest absolute Gasteiger partial charge is 0.374 e. The standard InChI is InChI=1S/C12H18F6O/c1-3-8-4-7(2)9(5-8)6-10(19,11(13,14)15)12(16,17)18/h7-9,19H,3-6H2,1-2H3. The first-order valence-corrected chi connectivity index (χ1v) is 6.28. The summed E-state index contributed by atoms with van der Waals surface area (Å²) in [4.78, 5) is 0. The fraction of sp³-hybridized carbons (Fsp3) is 1.00. The molecule has 0 heterocycles. The van der Waals surface area contributed by atoms with E-state index in [9.17, 15) is 31.4 Å². The summed E-state index contributed by atoms with van der Waals surface area (Å²) in [5.41, 5.74) is -4.60. The van der Waals surface area contributed by atoms with Crippen LogP contribution < -0.4 is 0 Å². The minimum absolute atomic E-state index is 0.144. The van der Waals surface area contributed by atoms with Gasteiger partial charge in [0, 0.05) is 0 Å². The molecule has 1 nitrogen and oxygen atoms in total. The van der Waals surface area contributed by atoms with Crippen LogP contribution in [0.2, 0.25) is 0 Å². The third kappa shape index (κ3) is 3.17. The molecule has 19 heavy (non-hydrogen) atoms. The third-order valence-electron chi connectivity index (χ3n) is 4.22. The summed E-state index contributed by atoms with van der Waals surface area (Å²) in [5.74, 6) is -0.843.